The fraction of sp³-hybridized carbons (Fsp3) is 0.333. The van der Waals surface area contributed by atoms with Crippen molar-refractivity contribution in [3.8, 4) is 0 Å². The zero-order valence-electron chi connectivity index (χ0n) is 12.0. The number of hydrogen-bond acceptors (Lipinski definition) is 1. The highest BCUT2D eigenvalue weighted by molar-refractivity contribution is 7.19. The third-order valence-corrected chi connectivity index (χ3v) is 5.20. The summed E-state index contributed by atoms with van der Waals surface area (Å²) in [6, 6.07) is 13.8. The van der Waals surface area contributed by atoms with Crippen LogP contribution in [0.3, 0.4) is 0 Å². The third kappa shape index (κ3) is 2.17. The molecule has 2 aromatic carbocycles. The normalized spacial score (nSPS) is 12.1. The van der Waals surface area contributed by atoms with Gasteiger partial charge in [0.25, 0.3) is 0 Å². The van der Waals surface area contributed by atoms with Gasteiger partial charge in [0.1, 0.15) is 0 Å². The van der Waals surface area contributed by atoms with Crippen molar-refractivity contribution in [2.24, 2.45) is 0 Å². The minimum atomic E-state index is 0.586. The van der Waals surface area contributed by atoms with E-state index in [0.29, 0.717) is 11.8 Å². The molecular formula is C18H20S. The lowest BCUT2D eigenvalue weighted by Gasteiger charge is -2.07. The summed E-state index contributed by atoms with van der Waals surface area (Å²) in [5.74, 6) is 1.20. The predicted octanol–water partition coefficient (Wildman–Crippen LogP) is 6.30. The Morgan fingerprint density at radius 2 is 1.53 bits per heavy atom. The fourth-order valence-corrected chi connectivity index (χ4v) is 3.60. The zero-order valence-corrected chi connectivity index (χ0v) is 12.8. The summed E-state index contributed by atoms with van der Waals surface area (Å²) in [6.45, 7) is 9.06. The van der Waals surface area contributed by atoms with E-state index in [-0.39, 0.29) is 0 Å². The Hall–Kier alpha value is -1.34. The van der Waals surface area contributed by atoms with Gasteiger partial charge in [-0.25, -0.2) is 0 Å². The van der Waals surface area contributed by atoms with Crippen LogP contribution in [0.15, 0.2) is 36.4 Å². The van der Waals surface area contributed by atoms with Crippen LogP contribution in [0.4, 0.5) is 0 Å². The first-order valence-electron chi connectivity index (χ1n) is 7.02. The predicted molar refractivity (Wildman–Crippen MR) is 87.5 cm³/mol. The quantitative estimate of drug-likeness (QED) is 0.511. The van der Waals surface area contributed by atoms with E-state index >= 15 is 0 Å². The van der Waals surface area contributed by atoms with Gasteiger partial charge in [0, 0.05) is 15.0 Å². The Bertz CT molecular complexity index is 732. The summed E-state index contributed by atoms with van der Waals surface area (Å²) >= 11 is 1.93. The van der Waals surface area contributed by atoms with Crippen LogP contribution in [0.1, 0.15) is 50.0 Å². The van der Waals surface area contributed by atoms with Crippen molar-refractivity contribution in [2.45, 2.75) is 39.5 Å². The Balaban J connectivity index is 2.33. The second kappa shape index (κ2) is 4.64. The first kappa shape index (κ1) is 12.7. The largest absolute Gasteiger partial charge is 0.140 e. The first-order valence-corrected chi connectivity index (χ1v) is 7.84. The molecule has 98 valence electrons. The van der Waals surface area contributed by atoms with E-state index in [9.17, 15) is 0 Å². The molecule has 1 heterocycles. The van der Waals surface area contributed by atoms with E-state index < -0.39 is 0 Å². The summed E-state index contributed by atoms with van der Waals surface area (Å²) < 4.78 is 1.41. The van der Waals surface area contributed by atoms with Crippen LogP contribution in [0.5, 0.6) is 0 Å². The SMILES string of the molecule is CC(C)c1ccc2ccc3sc(C(C)C)cc3c2c1. The molecule has 3 aromatic rings. The monoisotopic (exact) mass is 268 g/mol. The number of fused-ring (bicyclic) bond motifs is 3. The van der Waals surface area contributed by atoms with Crippen molar-refractivity contribution in [3.63, 3.8) is 0 Å². The van der Waals surface area contributed by atoms with Crippen LogP contribution in [-0.2, 0) is 0 Å². The Kier molecular flexibility index (Phi) is 3.10. The second-order valence-electron chi connectivity index (χ2n) is 5.92. The van der Waals surface area contributed by atoms with Gasteiger partial charge in [-0.3, -0.25) is 0 Å². The molecule has 0 saturated carbocycles. The van der Waals surface area contributed by atoms with Crippen LogP contribution in [0.2, 0.25) is 0 Å². The summed E-state index contributed by atoms with van der Waals surface area (Å²) in [6.07, 6.45) is 0. The van der Waals surface area contributed by atoms with Crippen molar-refractivity contribution in [3.05, 3.63) is 46.8 Å². The molecular weight excluding hydrogens is 248 g/mol. The van der Waals surface area contributed by atoms with Gasteiger partial charge >= 0.3 is 0 Å². The Labute approximate surface area is 119 Å². The highest BCUT2D eigenvalue weighted by atomic mass is 32.1. The maximum Gasteiger partial charge on any atom is 0.0352 e. The van der Waals surface area contributed by atoms with E-state index in [1.54, 1.807) is 0 Å². The molecule has 0 aliphatic heterocycles. The minimum Gasteiger partial charge on any atom is -0.140 e. The molecule has 0 nitrogen and oxygen atoms in total. The van der Waals surface area contributed by atoms with Crippen LogP contribution in [-0.4, -0.2) is 0 Å². The maximum absolute atomic E-state index is 2.39. The molecule has 0 fully saturated rings. The summed E-state index contributed by atoms with van der Waals surface area (Å²) in [4.78, 5) is 1.48. The average Bonchev–Trinajstić information content (AvgIpc) is 2.82. The number of rotatable bonds is 2. The molecule has 0 aliphatic rings. The minimum absolute atomic E-state index is 0.586. The molecule has 0 atom stereocenters. The lowest BCUT2D eigenvalue weighted by Crippen LogP contribution is -1.86. The highest BCUT2D eigenvalue weighted by Crippen LogP contribution is 2.36. The van der Waals surface area contributed by atoms with E-state index in [2.05, 4.69) is 64.1 Å². The Morgan fingerprint density at radius 3 is 2.21 bits per heavy atom. The lowest BCUT2D eigenvalue weighted by molar-refractivity contribution is 0.869. The van der Waals surface area contributed by atoms with Gasteiger partial charge in [0.2, 0.25) is 0 Å². The second-order valence-corrected chi connectivity index (χ2v) is 7.03. The molecule has 19 heavy (non-hydrogen) atoms. The van der Waals surface area contributed by atoms with Gasteiger partial charge in [-0.1, -0.05) is 52.0 Å². The third-order valence-electron chi connectivity index (χ3n) is 3.80. The lowest BCUT2D eigenvalue weighted by atomic mass is 9.97. The molecule has 0 amide bonds. The van der Waals surface area contributed by atoms with Crippen molar-refractivity contribution in [2.75, 3.05) is 0 Å². The summed E-state index contributed by atoms with van der Waals surface area (Å²) in [5.41, 5.74) is 1.43. The van der Waals surface area contributed by atoms with E-state index in [4.69, 9.17) is 0 Å². The molecule has 0 radical (unpaired) electrons. The molecule has 0 unspecified atom stereocenters. The van der Waals surface area contributed by atoms with E-state index in [1.165, 1.54) is 31.3 Å². The van der Waals surface area contributed by atoms with Crippen molar-refractivity contribution >= 4 is 32.2 Å². The van der Waals surface area contributed by atoms with Gasteiger partial charge in [-0.05, 0) is 40.3 Å². The molecule has 0 N–H and O–H groups in total. The zero-order chi connectivity index (χ0) is 13.6. The summed E-state index contributed by atoms with van der Waals surface area (Å²) in [5, 5.41) is 4.19. The van der Waals surface area contributed by atoms with E-state index in [0.717, 1.165) is 0 Å². The van der Waals surface area contributed by atoms with Gasteiger partial charge < -0.3 is 0 Å². The smallest absolute Gasteiger partial charge is 0.0352 e. The topological polar surface area (TPSA) is 0 Å². The van der Waals surface area contributed by atoms with Crippen LogP contribution >= 0.6 is 11.3 Å². The highest BCUT2D eigenvalue weighted by Gasteiger charge is 2.09. The number of benzene rings is 2. The Morgan fingerprint density at radius 1 is 0.789 bits per heavy atom. The first-order chi connectivity index (χ1) is 9.06. The molecule has 0 aliphatic carbocycles. The van der Waals surface area contributed by atoms with Crippen molar-refractivity contribution < 1.29 is 0 Å². The molecule has 0 saturated heterocycles. The molecule has 1 aromatic heterocycles. The fourth-order valence-electron chi connectivity index (χ4n) is 2.52. The van der Waals surface area contributed by atoms with Crippen molar-refractivity contribution in [1.82, 2.24) is 0 Å². The average molecular weight is 268 g/mol. The van der Waals surface area contributed by atoms with Gasteiger partial charge in [-0.15, -0.1) is 11.3 Å². The van der Waals surface area contributed by atoms with Gasteiger partial charge in [0.15, 0.2) is 0 Å². The van der Waals surface area contributed by atoms with Gasteiger partial charge in [0.05, 0.1) is 0 Å². The molecule has 3 rings (SSSR count). The standard InChI is InChI=1S/C18H20S/c1-11(2)14-6-5-13-7-8-17-16(15(13)9-14)10-18(19-17)12(3)4/h5-12H,1-4H3. The molecule has 0 bridgehead atoms. The van der Waals surface area contributed by atoms with Crippen molar-refractivity contribution in [1.29, 1.82) is 0 Å². The van der Waals surface area contributed by atoms with Crippen LogP contribution in [0, 0.1) is 0 Å². The van der Waals surface area contributed by atoms with Crippen LogP contribution < -0.4 is 0 Å². The van der Waals surface area contributed by atoms with Gasteiger partial charge in [-0.2, -0.15) is 0 Å². The molecule has 0 spiro atoms. The molecule has 1 heteroatoms. The number of thiophene rings is 1. The van der Waals surface area contributed by atoms with Crippen LogP contribution in [0.25, 0.3) is 20.9 Å². The number of hydrogen-bond donors (Lipinski definition) is 0. The summed E-state index contributed by atoms with van der Waals surface area (Å²) in [7, 11) is 0. The maximum atomic E-state index is 2.39. The van der Waals surface area contributed by atoms with E-state index in [1.807, 2.05) is 11.3 Å².